The van der Waals surface area contributed by atoms with Crippen molar-refractivity contribution in [1.82, 2.24) is 0 Å². The van der Waals surface area contributed by atoms with Gasteiger partial charge in [-0.25, -0.2) is 0 Å². The summed E-state index contributed by atoms with van der Waals surface area (Å²) >= 11 is 17.1. The molecule has 1 unspecified atom stereocenters. The van der Waals surface area contributed by atoms with Gasteiger partial charge in [0.25, 0.3) is 10.1 Å². The van der Waals surface area contributed by atoms with Crippen molar-refractivity contribution in [2.75, 3.05) is 13.2 Å². The maximum absolute atomic E-state index is 11.7. The molecule has 9 heteroatoms. The molecule has 102 valence electrons. The first kappa shape index (κ1) is 16.0. The minimum absolute atomic E-state index is 0.00551. The lowest BCUT2D eigenvalue weighted by Crippen LogP contribution is -2.22. The number of aliphatic hydroxyl groups excluding tert-OH is 2. The first-order valence-corrected chi connectivity index (χ1v) is 7.15. The van der Waals surface area contributed by atoms with Gasteiger partial charge >= 0.3 is 0 Å². The molecule has 0 aliphatic rings. The van der Waals surface area contributed by atoms with Crippen LogP contribution in [0.2, 0.25) is 15.1 Å². The molecule has 0 fully saturated rings. The highest BCUT2D eigenvalue weighted by atomic mass is 35.5. The molecule has 1 rings (SSSR count). The van der Waals surface area contributed by atoms with E-state index in [4.69, 9.17) is 45.0 Å². The number of rotatable bonds is 5. The van der Waals surface area contributed by atoms with Gasteiger partial charge < -0.3 is 10.2 Å². The van der Waals surface area contributed by atoms with Crippen LogP contribution in [-0.4, -0.2) is 37.9 Å². The highest BCUT2D eigenvalue weighted by Crippen LogP contribution is 2.32. The Morgan fingerprint density at radius 1 is 1.17 bits per heavy atom. The predicted octanol–water partition coefficient (Wildman–Crippen LogP) is 1.71. The lowest BCUT2D eigenvalue weighted by atomic mass is 10.4. The fourth-order valence-electron chi connectivity index (χ4n) is 0.980. The zero-order valence-corrected chi connectivity index (χ0v) is 11.9. The quantitative estimate of drug-likeness (QED) is 0.632. The fourth-order valence-corrected chi connectivity index (χ4v) is 2.90. The highest BCUT2D eigenvalue weighted by molar-refractivity contribution is 7.86. The van der Waals surface area contributed by atoms with Crippen molar-refractivity contribution in [2.45, 2.75) is 11.0 Å². The molecule has 1 aromatic carbocycles. The minimum atomic E-state index is -4.18. The molecular weight excluding hydrogens is 327 g/mol. The summed E-state index contributed by atoms with van der Waals surface area (Å²) in [5.74, 6) is 0. The van der Waals surface area contributed by atoms with Crippen LogP contribution in [0.4, 0.5) is 0 Å². The van der Waals surface area contributed by atoms with Crippen LogP contribution >= 0.6 is 34.8 Å². The van der Waals surface area contributed by atoms with E-state index in [-0.39, 0.29) is 20.0 Å². The Morgan fingerprint density at radius 3 is 2.28 bits per heavy atom. The molecule has 1 aromatic rings. The van der Waals surface area contributed by atoms with Crippen LogP contribution in [0.1, 0.15) is 0 Å². The van der Waals surface area contributed by atoms with E-state index >= 15 is 0 Å². The van der Waals surface area contributed by atoms with Gasteiger partial charge in [0.05, 0.1) is 28.3 Å². The summed E-state index contributed by atoms with van der Waals surface area (Å²) in [7, 11) is -4.18. The predicted molar refractivity (Wildman–Crippen MR) is 67.7 cm³/mol. The number of halogens is 3. The summed E-state index contributed by atoms with van der Waals surface area (Å²) in [6, 6.07) is 2.22. The summed E-state index contributed by atoms with van der Waals surface area (Å²) in [5, 5.41) is 17.5. The molecule has 0 aliphatic heterocycles. The number of hydrogen-bond donors (Lipinski definition) is 2. The van der Waals surface area contributed by atoms with Crippen molar-refractivity contribution < 1.29 is 22.8 Å². The Bertz CT molecular complexity index is 531. The second-order valence-electron chi connectivity index (χ2n) is 3.27. The molecule has 0 saturated carbocycles. The van der Waals surface area contributed by atoms with Crippen molar-refractivity contribution in [3.05, 3.63) is 27.2 Å². The Balaban J connectivity index is 3.02. The van der Waals surface area contributed by atoms with E-state index in [1.807, 2.05) is 0 Å². The zero-order valence-electron chi connectivity index (χ0n) is 8.81. The molecule has 0 heterocycles. The number of aliphatic hydroxyl groups is 2. The molecule has 1 atom stereocenters. The Morgan fingerprint density at radius 2 is 1.72 bits per heavy atom. The van der Waals surface area contributed by atoms with Crippen molar-refractivity contribution >= 4 is 44.9 Å². The Labute approximate surface area is 119 Å². The third kappa shape index (κ3) is 3.96. The minimum Gasteiger partial charge on any atom is -0.394 e. The standard InChI is InChI=1S/C9H9Cl3O5S/c10-6-1-8(12)9(2-7(6)11)18(15,16)17-4-5(14)3-13/h1-2,5,13-14H,3-4H2. The van der Waals surface area contributed by atoms with Crippen LogP contribution in [0.25, 0.3) is 0 Å². The van der Waals surface area contributed by atoms with Crippen LogP contribution in [0.15, 0.2) is 17.0 Å². The van der Waals surface area contributed by atoms with Gasteiger partial charge in [0.15, 0.2) is 0 Å². The molecule has 2 N–H and O–H groups in total. The van der Waals surface area contributed by atoms with Crippen LogP contribution in [-0.2, 0) is 14.3 Å². The van der Waals surface area contributed by atoms with E-state index in [0.717, 1.165) is 6.07 Å². The van der Waals surface area contributed by atoms with Crippen molar-refractivity contribution in [3.63, 3.8) is 0 Å². The van der Waals surface area contributed by atoms with Gasteiger partial charge in [0, 0.05) is 0 Å². The summed E-state index contributed by atoms with van der Waals surface area (Å²) < 4.78 is 28.0. The van der Waals surface area contributed by atoms with Gasteiger partial charge in [-0.1, -0.05) is 34.8 Å². The maximum Gasteiger partial charge on any atom is 0.298 e. The maximum atomic E-state index is 11.7. The molecule has 0 saturated heterocycles. The van der Waals surface area contributed by atoms with E-state index in [9.17, 15) is 8.42 Å². The first-order valence-electron chi connectivity index (χ1n) is 4.61. The van der Waals surface area contributed by atoms with Crippen molar-refractivity contribution in [3.8, 4) is 0 Å². The van der Waals surface area contributed by atoms with E-state index in [1.54, 1.807) is 0 Å². The third-order valence-corrected chi connectivity index (χ3v) is 4.34. The van der Waals surface area contributed by atoms with Gasteiger partial charge in [-0.3, -0.25) is 4.18 Å². The Kier molecular flexibility index (Phi) is 5.67. The second kappa shape index (κ2) is 6.38. The summed E-state index contributed by atoms with van der Waals surface area (Å²) in [6.07, 6.45) is -1.30. The van der Waals surface area contributed by atoms with Crippen LogP contribution in [0.3, 0.4) is 0 Å². The van der Waals surface area contributed by atoms with E-state index < -0.39 is 29.4 Å². The van der Waals surface area contributed by atoms with Gasteiger partial charge in [0.1, 0.15) is 11.0 Å². The SMILES string of the molecule is O=S(=O)(OCC(O)CO)c1cc(Cl)c(Cl)cc1Cl. The molecule has 0 radical (unpaired) electrons. The van der Waals surface area contributed by atoms with Crippen LogP contribution in [0.5, 0.6) is 0 Å². The first-order chi connectivity index (χ1) is 8.27. The summed E-state index contributed by atoms with van der Waals surface area (Å²) in [6.45, 7) is -1.21. The van der Waals surface area contributed by atoms with Gasteiger partial charge in [0.2, 0.25) is 0 Å². The topological polar surface area (TPSA) is 83.8 Å². The highest BCUT2D eigenvalue weighted by Gasteiger charge is 2.22. The lowest BCUT2D eigenvalue weighted by Gasteiger charge is -2.10. The smallest absolute Gasteiger partial charge is 0.298 e. The average molecular weight is 336 g/mol. The zero-order chi connectivity index (χ0) is 13.9. The van der Waals surface area contributed by atoms with Crippen LogP contribution in [0, 0.1) is 0 Å². The molecule has 0 spiro atoms. The third-order valence-electron chi connectivity index (χ3n) is 1.87. The summed E-state index contributed by atoms with van der Waals surface area (Å²) in [5.41, 5.74) is 0. The monoisotopic (exact) mass is 334 g/mol. The largest absolute Gasteiger partial charge is 0.394 e. The number of hydrogen-bond acceptors (Lipinski definition) is 5. The molecule has 0 aliphatic carbocycles. The fraction of sp³-hybridized carbons (Fsp3) is 0.333. The molecule has 0 bridgehead atoms. The summed E-state index contributed by atoms with van der Waals surface area (Å²) in [4.78, 5) is -0.358. The molecule has 5 nitrogen and oxygen atoms in total. The van der Waals surface area contributed by atoms with E-state index in [0.29, 0.717) is 0 Å². The number of benzene rings is 1. The molecule has 0 aromatic heterocycles. The van der Waals surface area contributed by atoms with Gasteiger partial charge in [-0.2, -0.15) is 8.42 Å². The molecule has 18 heavy (non-hydrogen) atoms. The van der Waals surface area contributed by atoms with Crippen molar-refractivity contribution in [1.29, 1.82) is 0 Å². The normalized spacial score (nSPS) is 13.6. The second-order valence-corrected chi connectivity index (χ2v) is 6.08. The average Bonchev–Trinajstić information content (AvgIpc) is 2.30. The molecular formula is C9H9Cl3O5S. The van der Waals surface area contributed by atoms with Gasteiger partial charge in [-0.05, 0) is 12.1 Å². The van der Waals surface area contributed by atoms with Gasteiger partial charge in [-0.15, -0.1) is 0 Å². The van der Waals surface area contributed by atoms with E-state index in [1.165, 1.54) is 6.07 Å². The Hall–Kier alpha value is -0.0800. The van der Waals surface area contributed by atoms with E-state index in [2.05, 4.69) is 4.18 Å². The van der Waals surface area contributed by atoms with Crippen LogP contribution < -0.4 is 0 Å². The lowest BCUT2D eigenvalue weighted by molar-refractivity contribution is 0.0557. The molecule has 0 amide bonds. The van der Waals surface area contributed by atoms with Crippen molar-refractivity contribution in [2.24, 2.45) is 0 Å².